The maximum atomic E-state index is 12.1. The molecule has 6 heteroatoms. The van der Waals surface area contributed by atoms with Gasteiger partial charge in [0.15, 0.2) is 0 Å². The Labute approximate surface area is 114 Å². The first-order valence-corrected chi connectivity index (χ1v) is 7.25. The minimum atomic E-state index is -3.53. The van der Waals surface area contributed by atoms with Crippen molar-refractivity contribution in [3.05, 3.63) is 35.7 Å². The number of phosphoric ester groups is 1. The monoisotopic (exact) mass is 287 g/mol. The summed E-state index contributed by atoms with van der Waals surface area (Å²) in [4.78, 5) is 0. The third-order valence-corrected chi connectivity index (χ3v) is 3.99. The SMILES string of the molecule is COc1ccc(C(OP(=O)(OC)OC)[C](C)C)cc1. The molecule has 0 spiro atoms. The molecule has 0 aliphatic carbocycles. The molecule has 1 atom stereocenters. The molecule has 1 rings (SSSR count). The van der Waals surface area contributed by atoms with Gasteiger partial charge in [-0.1, -0.05) is 26.0 Å². The Morgan fingerprint density at radius 1 is 1.05 bits per heavy atom. The second-order valence-electron chi connectivity index (χ2n) is 4.15. The first-order chi connectivity index (χ1) is 8.95. The largest absolute Gasteiger partial charge is 0.497 e. The topological polar surface area (TPSA) is 54.0 Å². The number of phosphoric acid groups is 1. The van der Waals surface area contributed by atoms with Gasteiger partial charge in [0.05, 0.1) is 7.11 Å². The van der Waals surface area contributed by atoms with Gasteiger partial charge in [0.1, 0.15) is 11.9 Å². The summed E-state index contributed by atoms with van der Waals surface area (Å²) in [5.74, 6) is 1.69. The van der Waals surface area contributed by atoms with Gasteiger partial charge in [-0.25, -0.2) is 4.57 Å². The molecule has 0 heterocycles. The Morgan fingerprint density at radius 2 is 1.58 bits per heavy atom. The predicted octanol–water partition coefficient (Wildman–Crippen LogP) is 3.77. The summed E-state index contributed by atoms with van der Waals surface area (Å²) in [6.07, 6.45) is -0.461. The summed E-state index contributed by atoms with van der Waals surface area (Å²) in [5.41, 5.74) is 0.857. The van der Waals surface area contributed by atoms with Crippen molar-refractivity contribution in [2.45, 2.75) is 20.0 Å². The molecule has 0 aliphatic rings. The van der Waals surface area contributed by atoms with Crippen LogP contribution < -0.4 is 4.74 Å². The van der Waals surface area contributed by atoms with E-state index in [-0.39, 0.29) is 0 Å². The van der Waals surface area contributed by atoms with Gasteiger partial charge in [-0.3, -0.25) is 13.6 Å². The van der Waals surface area contributed by atoms with E-state index in [9.17, 15) is 4.57 Å². The van der Waals surface area contributed by atoms with Crippen molar-refractivity contribution in [3.63, 3.8) is 0 Å². The van der Waals surface area contributed by atoms with Crippen LogP contribution in [-0.2, 0) is 18.1 Å². The summed E-state index contributed by atoms with van der Waals surface area (Å²) >= 11 is 0. The molecule has 0 amide bonds. The number of methoxy groups -OCH3 is 1. The van der Waals surface area contributed by atoms with Crippen molar-refractivity contribution in [1.29, 1.82) is 0 Å². The average Bonchev–Trinajstić information content (AvgIpc) is 2.44. The van der Waals surface area contributed by atoms with Crippen LogP contribution in [0.15, 0.2) is 24.3 Å². The third-order valence-electron chi connectivity index (χ3n) is 2.62. The fraction of sp³-hybridized carbons (Fsp3) is 0.462. The first-order valence-electron chi connectivity index (χ1n) is 5.79. The lowest BCUT2D eigenvalue weighted by Crippen LogP contribution is -2.10. The fourth-order valence-corrected chi connectivity index (χ4v) is 2.48. The highest BCUT2D eigenvalue weighted by atomic mass is 31.2. The standard InChI is InChI=1S/C13H20O5P/c1-10(2)13(18-19(14,16-4)17-5)11-6-8-12(15-3)9-7-11/h6-9,13H,1-5H3. The van der Waals surface area contributed by atoms with Crippen molar-refractivity contribution in [1.82, 2.24) is 0 Å². The van der Waals surface area contributed by atoms with Crippen LogP contribution in [0.25, 0.3) is 0 Å². The highest BCUT2D eigenvalue weighted by Crippen LogP contribution is 2.53. The van der Waals surface area contributed by atoms with Crippen LogP contribution >= 0.6 is 7.82 Å². The molecule has 0 aromatic heterocycles. The molecule has 0 bridgehead atoms. The molecule has 19 heavy (non-hydrogen) atoms. The number of hydrogen-bond donors (Lipinski definition) is 0. The zero-order chi connectivity index (χ0) is 14.5. The number of rotatable bonds is 7. The lowest BCUT2D eigenvalue weighted by atomic mass is 9.99. The van der Waals surface area contributed by atoms with Gasteiger partial charge in [-0.2, -0.15) is 0 Å². The van der Waals surface area contributed by atoms with Gasteiger partial charge in [0.2, 0.25) is 0 Å². The summed E-state index contributed by atoms with van der Waals surface area (Å²) in [6.45, 7) is 3.79. The Balaban J connectivity index is 2.97. The molecular formula is C13H20O5P. The molecule has 1 aromatic rings. The molecule has 0 N–H and O–H groups in total. The zero-order valence-corrected chi connectivity index (χ0v) is 12.8. The van der Waals surface area contributed by atoms with Crippen LogP contribution in [0.1, 0.15) is 25.5 Å². The van der Waals surface area contributed by atoms with E-state index in [0.29, 0.717) is 0 Å². The van der Waals surface area contributed by atoms with Crippen LogP contribution in [0.3, 0.4) is 0 Å². The predicted molar refractivity (Wildman–Crippen MR) is 73.0 cm³/mol. The molecule has 0 fully saturated rings. The zero-order valence-electron chi connectivity index (χ0n) is 11.9. The second kappa shape index (κ2) is 7.06. The van der Waals surface area contributed by atoms with Crippen LogP contribution in [0.2, 0.25) is 0 Å². The molecule has 1 aromatic carbocycles. The van der Waals surface area contributed by atoms with Crippen molar-refractivity contribution in [2.75, 3.05) is 21.3 Å². The van der Waals surface area contributed by atoms with Gasteiger partial charge >= 0.3 is 7.82 Å². The van der Waals surface area contributed by atoms with Crippen molar-refractivity contribution in [2.24, 2.45) is 0 Å². The number of ether oxygens (including phenoxy) is 1. The molecule has 1 radical (unpaired) electrons. The normalized spacial score (nSPS) is 13.6. The van der Waals surface area contributed by atoms with Crippen LogP contribution in [-0.4, -0.2) is 21.3 Å². The average molecular weight is 287 g/mol. The van der Waals surface area contributed by atoms with E-state index in [1.54, 1.807) is 7.11 Å². The minimum absolute atomic E-state index is 0.461. The summed E-state index contributed by atoms with van der Waals surface area (Å²) in [6, 6.07) is 7.34. The maximum absolute atomic E-state index is 12.1. The van der Waals surface area contributed by atoms with Gasteiger partial charge in [-0.05, 0) is 17.7 Å². The lowest BCUT2D eigenvalue weighted by Gasteiger charge is -2.24. The van der Waals surface area contributed by atoms with Crippen LogP contribution in [0.5, 0.6) is 5.75 Å². The number of benzene rings is 1. The highest BCUT2D eigenvalue weighted by molar-refractivity contribution is 7.48. The third kappa shape index (κ3) is 4.32. The molecule has 0 saturated heterocycles. The Bertz CT molecular complexity index is 421. The maximum Gasteiger partial charge on any atom is 0.474 e. The van der Waals surface area contributed by atoms with Gasteiger partial charge in [0, 0.05) is 20.1 Å². The van der Waals surface area contributed by atoms with Crippen molar-refractivity contribution in [3.8, 4) is 5.75 Å². The Kier molecular flexibility index (Phi) is 6.01. The molecule has 0 aliphatic heterocycles. The lowest BCUT2D eigenvalue weighted by molar-refractivity contribution is 0.111. The molecule has 5 nitrogen and oxygen atoms in total. The van der Waals surface area contributed by atoms with E-state index >= 15 is 0 Å². The van der Waals surface area contributed by atoms with E-state index in [2.05, 4.69) is 0 Å². The highest BCUT2D eigenvalue weighted by Gasteiger charge is 2.31. The molecular weight excluding hydrogens is 267 g/mol. The molecule has 107 valence electrons. The number of hydrogen-bond acceptors (Lipinski definition) is 5. The van der Waals surface area contributed by atoms with Gasteiger partial charge in [-0.15, -0.1) is 0 Å². The summed E-state index contributed by atoms with van der Waals surface area (Å²) in [7, 11) is 0.658. The van der Waals surface area contributed by atoms with Gasteiger partial charge in [0.25, 0.3) is 0 Å². The quantitative estimate of drug-likeness (QED) is 0.714. The van der Waals surface area contributed by atoms with Crippen LogP contribution in [0.4, 0.5) is 0 Å². The second-order valence-corrected chi connectivity index (χ2v) is 5.98. The van der Waals surface area contributed by atoms with Crippen LogP contribution in [0, 0.1) is 5.92 Å². The smallest absolute Gasteiger partial charge is 0.474 e. The minimum Gasteiger partial charge on any atom is -0.497 e. The summed E-state index contributed by atoms with van der Waals surface area (Å²) in [5, 5.41) is 0. The van der Waals surface area contributed by atoms with E-state index in [1.807, 2.05) is 38.1 Å². The van der Waals surface area contributed by atoms with E-state index in [0.717, 1.165) is 17.2 Å². The molecule has 0 saturated carbocycles. The molecule has 1 unspecified atom stereocenters. The fourth-order valence-electron chi connectivity index (χ4n) is 1.57. The van der Waals surface area contributed by atoms with E-state index in [1.165, 1.54) is 14.2 Å². The Hall–Kier alpha value is -0.870. The van der Waals surface area contributed by atoms with Crippen molar-refractivity contribution >= 4 is 7.82 Å². The van der Waals surface area contributed by atoms with Crippen molar-refractivity contribution < 1.29 is 22.9 Å². The first kappa shape index (κ1) is 16.2. The van der Waals surface area contributed by atoms with Gasteiger partial charge < -0.3 is 4.74 Å². The Morgan fingerprint density at radius 3 is 1.95 bits per heavy atom. The van der Waals surface area contributed by atoms with E-state index < -0.39 is 13.9 Å². The van der Waals surface area contributed by atoms with E-state index in [4.69, 9.17) is 18.3 Å². The summed E-state index contributed by atoms with van der Waals surface area (Å²) < 4.78 is 32.3.